The molecule has 0 unspecified atom stereocenters. The molecule has 0 saturated carbocycles. The predicted molar refractivity (Wildman–Crippen MR) is 99.6 cm³/mol. The van der Waals surface area contributed by atoms with E-state index in [0.717, 1.165) is 16.8 Å². The van der Waals surface area contributed by atoms with Crippen molar-refractivity contribution in [2.45, 2.75) is 6.92 Å². The second-order valence-electron chi connectivity index (χ2n) is 5.92. The van der Waals surface area contributed by atoms with Crippen LogP contribution in [0, 0.1) is 0 Å². The molecule has 122 valence electrons. The van der Waals surface area contributed by atoms with Crippen molar-refractivity contribution in [1.29, 1.82) is 0 Å². The first-order valence-corrected chi connectivity index (χ1v) is 8.16. The fourth-order valence-electron chi connectivity index (χ4n) is 3.03. The summed E-state index contributed by atoms with van der Waals surface area (Å²) in [6.45, 7) is 1.41. The highest BCUT2D eigenvalue weighted by molar-refractivity contribution is 5.73. The molecule has 0 aliphatic heterocycles. The van der Waals surface area contributed by atoms with Crippen LogP contribution in [0.1, 0.15) is 6.92 Å². The van der Waals surface area contributed by atoms with E-state index in [1.807, 2.05) is 47.0 Å². The van der Waals surface area contributed by atoms with Crippen molar-refractivity contribution in [2.75, 3.05) is 0 Å². The van der Waals surface area contributed by atoms with Crippen molar-refractivity contribution in [3.63, 3.8) is 0 Å². The minimum Gasteiger partial charge on any atom is -0.425 e. The molecule has 2 heterocycles. The summed E-state index contributed by atoms with van der Waals surface area (Å²) >= 11 is 0. The first-order chi connectivity index (χ1) is 12.2. The summed E-state index contributed by atoms with van der Waals surface area (Å²) < 4.78 is 7.24. The molecule has 0 aliphatic rings. The molecule has 2 aromatic heterocycles. The Morgan fingerprint density at radius 2 is 1.48 bits per heavy atom. The summed E-state index contributed by atoms with van der Waals surface area (Å²) in [5.41, 5.74) is 5.53. The highest BCUT2D eigenvalue weighted by Gasteiger charge is 2.08. The normalized spacial score (nSPS) is 10.8. The molecule has 2 aromatic carbocycles. The van der Waals surface area contributed by atoms with Gasteiger partial charge in [0.25, 0.3) is 0 Å². The van der Waals surface area contributed by atoms with Crippen LogP contribution in [0.5, 0.6) is 5.75 Å². The largest absolute Gasteiger partial charge is 0.425 e. The number of carbonyl (C=O) groups excluding carboxylic acids is 1. The van der Waals surface area contributed by atoms with Crippen LogP contribution in [0.15, 0.2) is 85.1 Å². The number of fused-ring (bicyclic) bond motifs is 1. The number of hydrogen-bond acceptors (Lipinski definition) is 2. The zero-order valence-corrected chi connectivity index (χ0v) is 13.8. The number of benzene rings is 2. The Morgan fingerprint density at radius 1 is 0.800 bits per heavy atom. The summed E-state index contributed by atoms with van der Waals surface area (Å²) in [7, 11) is 0. The summed E-state index contributed by atoms with van der Waals surface area (Å²) in [5, 5.41) is 0. The van der Waals surface area contributed by atoms with Crippen LogP contribution in [0.25, 0.3) is 27.9 Å². The minimum atomic E-state index is -0.315. The third-order valence-corrected chi connectivity index (χ3v) is 4.15. The highest BCUT2D eigenvalue weighted by atomic mass is 16.5. The van der Waals surface area contributed by atoms with Crippen molar-refractivity contribution in [3.8, 4) is 28.1 Å². The Bertz CT molecular complexity index is 1030. The molecule has 25 heavy (non-hydrogen) atoms. The van der Waals surface area contributed by atoms with Gasteiger partial charge < -0.3 is 9.14 Å². The Balaban J connectivity index is 1.74. The van der Waals surface area contributed by atoms with Gasteiger partial charge in [0, 0.05) is 18.5 Å². The fraction of sp³-hybridized carbons (Fsp3) is 0.0455. The Morgan fingerprint density at radius 3 is 2.20 bits per heavy atom. The van der Waals surface area contributed by atoms with Gasteiger partial charge in [0.1, 0.15) is 5.75 Å². The number of aromatic nitrogens is 1. The number of hydrogen-bond donors (Lipinski definition) is 0. The van der Waals surface area contributed by atoms with Crippen LogP contribution in [0.4, 0.5) is 0 Å². The number of rotatable bonds is 3. The van der Waals surface area contributed by atoms with E-state index in [2.05, 4.69) is 42.5 Å². The number of esters is 1. The molecule has 0 amide bonds. The van der Waals surface area contributed by atoms with Gasteiger partial charge in [0.05, 0.1) is 11.9 Å². The minimum absolute atomic E-state index is 0.315. The Hall–Kier alpha value is -3.33. The smallest absolute Gasteiger partial charge is 0.308 e. The molecule has 0 saturated heterocycles. The van der Waals surface area contributed by atoms with E-state index in [1.54, 1.807) is 0 Å². The summed E-state index contributed by atoms with van der Waals surface area (Å²) in [6, 6.07) is 26.7. The van der Waals surface area contributed by atoms with Crippen LogP contribution in [0.3, 0.4) is 0 Å². The zero-order chi connectivity index (χ0) is 17.2. The van der Waals surface area contributed by atoms with Crippen molar-refractivity contribution >= 4 is 11.5 Å². The number of nitrogens with zero attached hydrogens (tertiary/aromatic N) is 1. The lowest BCUT2D eigenvalue weighted by Crippen LogP contribution is -1.99. The van der Waals surface area contributed by atoms with Crippen LogP contribution in [-0.2, 0) is 4.79 Å². The summed E-state index contributed by atoms with van der Waals surface area (Å²) in [6.07, 6.45) is 1.84. The van der Waals surface area contributed by atoms with Gasteiger partial charge in [-0.2, -0.15) is 0 Å². The van der Waals surface area contributed by atoms with E-state index in [1.165, 1.54) is 18.1 Å². The second-order valence-corrected chi connectivity index (χ2v) is 5.92. The monoisotopic (exact) mass is 327 g/mol. The molecule has 0 aliphatic carbocycles. The quantitative estimate of drug-likeness (QED) is 0.484. The molecule has 0 spiro atoms. The molecule has 0 N–H and O–H groups in total. The first-order valence-electron chi connectivity index (χ1n) is 8.16. The van der Waals surface area contributed by atoms with Gasteiger partial charge in [-0.15, -0.1) is 0 Å². The molecule has 0 bridgehead atoms. The lowest BCUT2D eigenvalue weighted by Gasteiger charge is -2.08. The van der Waals surface area contributed by atoms with Crippen molar-refractivity contribution in [2.24, 2.45) is 0 Å². The van der Waals surface area contributed by atoms with E-state index in [4.69, 9.17) is 4.74 Å². The second kappa shape index (κ2) is 6.29. The topological polar surface area (TPSA) is 30.7 Å². The molecule has 0 atom stereocenters. The summed E-state index contributed by atoms with van der Waals surface area (Å²) in [5.74, 6) is 0.241. The van der Waals surface area contributed by atoms with Crippen LogP contribution in [0.2, 0.25) is 0 Å². The number of carbonyl (C=O) groups is 1. The maximum Gasteiger partial charge on any atom is 0.308 e. The van der Waals surface area contributed by atoms with Crippen LogP contribution >= 0.6 is 0 Å². The lowest BCUT2D eigenvalue weighted by atomic mass is 10.0. The van der Waals surface area contributed by atoms with E-state index >= 15 is 0 Å². The third-order valence-electron chi connectivity index (χ3n) is 4.15. The number of ether oxygens (including phenoxy) is 1. The molecule has 4 aromatic rings. The maximum atomic E-state index is 11.2. The average Bonchev–Trinajstić information content (AvgIpc) is 3.04. The molecule has 0 fully saturated rings. The van der Waals surface area contributed by atoms with Gasteiger partial charge in [0.2, 0.25) is 0 Å². The Kier molecular flexibility index (Phi) is 3.82. The maximum absolute atomic E-state index is 11.2. The fourth-order valence-corrected chi connectivity index (χ4v) is 3.03. The van der Waals surface area contributed by atoms with E-state index in [0.29, 0.717) is 5.75 Å². The standard InChI is InChI=1S/C22H17NO2/c1-16(24)25-21-14-20-8-5-9-22(23(20)15-21)19-12-10-18(11-13-19)17-6-3-2-4-7-17/h2-15H,1H3. The molecular weight excluding hydrogens is 310 g/mol. The van der Waals surface area contributed by atoms with Crippen LogP contribution in [-0.4, -0.2) is 10.4 Å². The molecule has 3 heteroatoms. The third kappa shape index (κ3) is 3.04. The summed E-state index contributed by atoms with van der Waals surface area (Å²) in [4.78, 5) is 11.2. The zero-order valence-electron chi connectivity index (χ0n) is 13.8. The van der Waals surface area contributed by atoms with Gasteiger partial charge in [-0.05, 0) is 28.8 Å². The van der Waals surface area contributed by atoms with Gasteiger partial charge >= 0.3 is 5.97 Å². The van der Waals surface area contributed by atoms with Gasteiger partial charge in [0.15, 0.2) is 0 Å². The van der Waals surface area contributed by atoms with Crippen molar-refractivity contribution < 1.29 is 9.53 Å². The molecule has 3 nitrogen and oxygen atoms in total. The van der Waals surface area contributed by atoms with E-state index in [-0.39, 0.29) is 5.97 Å². The van der Waals surface area contributed by atoms with Crippen LogP contribution < -0.4 is 4.74 Å². The first kappa shape index (κ1) is 15.2. The lowest BCUT2D eigenvalue weighted by molar-refractivity contribution is -0.131. The SMILES string of the molecule is CC(=O)Oc1cc2cccc(-c3ccc(-c4ccccc4)cc3)n2c1. The van der Waals surface area contributed by atoms with E-state index in [9.17, 15) is 4.79 Å². The predicted octanol–water partition coefficient (Wildman–Crippen LogP) is 5.20. The molecule has 4 rings (SSSR count). The van der Waals surface area contributed by atoms with Crippen molar-refractivity contribution in [3.05, 3.63) is 85.1 Å². The van der Waals surface area contributed by atoms with E-state index < -0.39 is 0 Å². The van der Waals surface area contributed by atoms with Crippen molar-refractivity contribution in [1.82, 2.24) is 4.40 Å². The Labute approximate surface area is 146 Å². The number of pyridine rings is 1. The molecular formula is C22H17NO2. The average molecular weight is 327 g/mol. The highest BCUT2D eigenvalue weighted by Crippen LogP contribution is 2.28. The molecule has 0 radical (unpaired) electrons. The van der Waals surface area contributed by atoms with Gasteiger partial charge in [-0.1, -0.05) is 60.7 Å². The van der Waals surface area contributed by atoms with Gasteiger partial charge in [-0.3, -0.25) is 4.79 Å². The van der Waals surface area contributed by atoms with Gasteiger partial charge in [-0.25, -0.2) is 0 Å².